The topological polar surface area (TPSA) is 52.7 Å². The molecule has 2 aliphatic heterocycles. The first-order valence-electron chi connectivity index (χ1n) is 6.69. The first-order chi connectivity index (χ1) is 8.47. The molecule has 5 nitrogen and oxygen atoms in total. The molecule has 2 heterocycles. The minimum atomic E-state index is -0.122. The van der Waals surface area contributed by atoms with Crippen LogP contribution >= 0.6 is 0 Å². The van der Waals surface area contributed by atoms with Gasteiger partial charge in [0.1, 0.15) is 6.42 Å². The standard InChI is InChI=1S/C13H23N3O2/c1-15(2)12(17)8-13(18)16(3)11-6-9-4-5-10(7-11)14-9/h9-11,14H,4-8H2,1-3H3. The highest BCUT2D eigenvalue weighted by Gasteiger charge is 2.36. The summed E-state index contributed by atoms with van der Waals surface area (Å²) in [5, 5.41) is 3.56. The normalized spacial score (nSPS) is 30.1. The van der Waals surface area contributed by atoms with E-state index in [1.165, 1.54) is 17.7 Å². The van der Waals surface area contributed by atoms with Gasteiger partial charge < -0.3 is 15.1 Å². The van der Waals surface area contributed by atoms with Crippen LogP contribution in [0, 0.1) is 0 Å². The molecule has 2 amide bonds. The molecule has 2 saturated heterocycles. The molecule has 2 unspecified atom stereocenters. The van der Waals surface area contributed by atoms with E-state index in [4.69, 9.17) is 0 Å². The maximum atomic E-state index is 12.0. The Balaban J connectivity index is 1.88. The number of hydrogen-bond acceptors (Lipinski definition) is 3. The summed E-state index contributed by atoms with van der Waals surface area (Å²) in [7, 11) is 5.20. The van der Waals surface area contributed by atoms with Gasteiger partial charge in [0.05, 0.1) is 0 Å². The van der Waals surface area contributed by atoms with Gasteiger partial charge in [-0.2, -0.15) is 0 Å². The lowest BCUT2D eigenvalue weighted by Gasteiger charge is -2.35. The van der Waals surface area contributed by atoms with E-state index in [1.54, 1.807) is 19.0 Å². The van der Waals surface area contributed by atoms with Crippen LogP contribution in [-0.2, 0) is 9.59 Å². The number of rotatable bonds is 3. The third-order valence-electron chi connectivity index (χ3n) is 4.19. The van der Waals surface area contributed by atoms with Gasteiger partial charge >= 0.3 is 0 Å². The van der Waals surface area contributed by atoms with Gasteiger partial charge in [-0.1, -0.05) is 0 Å². The predicted octanol–water partition coefficient (Wildman–Crippen LogP) is 0.206. The highest BCUT2D eigenvalue weighted by molar-refractivity contribution is 5.96. The molecule has 0 radical (unpaired) electrons. The van der Waals surface area contributed by atoms with Gasteiger partial charge in [0, 0.05) is 39.3 Å². The molecular formula is C13H23N3O2. The molecule has 5 heteroatoms. The van der Waals surface area contributed by atoms with Crippen LogP contribution in [0.4, 0.5) is 0 Å². The van der Waals surface area contributed by atoms with E-state index in [9.17, 15) is 9.59 Å². The van der Waals surface area contributed by atoms with E-state index in [0.29, 0.717) is 18.1 Å². The van der Waals surface area contributed by atoms with Crippen LogP contribution in [0.5, 0.6) is 0 Å². The molecule has 0 aliphatic carbocycles. The van der Waals surface area contributed by atoms with Crippen molar-refractivity contribution in [1.82, 2.24) is 15.1 Å². The van der Waals surface area contributed by atoms with Crippen molar-refractivity contribution in [3.05, 3.63) is 0 Å². The Bertz CT molecular complexity index is 331. The lowest BCUT2D eigenvalue weighted by atomic mass is 9.98. The van der Waals surface area contributed by atoms with Crippen molar-refractivity contribution >= 4 is 11.8 Å². The summed E-state index contributed by atoms with van der Waals surface area (Å²) in [6.45, 7) is 0. The molecule has 2 rings (SSSR count). The lowest BCUT2D eigenvalue weighted by molar-refractivity contribution is -0.140. The second kappa shape index (κ2) is 5.26. The Kier molecular flexibility index (Phi) is 3.90. The van der Waals surface area contributed by atoms with Crippen molar-refractivity contribution in [2.45, 2.75) is 50.2 Å². The molecule has 2 fully saturated rings. The van der Waals surface area contributed by atoms with Gasteiger partial charge in [0.15, 0.2) is 0 Å². The van der Waals surface area contributed by atoms with E-state index in [1.807, 2.05) is 7.05 Å². The highest BCUT2D eigenvalue weighted by Crippen LogP contribution is 2.29. The fraction of sp³-hybridized carbons (Fsp3) is 0.846. The molecule has 0 spiro atoms. The Morgan fingerprint density at radius 3 is 2.11 bits per heavy atom. The van der Waals surface area contributed by atoms with E-state index in [0.717, 1.165) is 12.8 Å². The molecule has 2 aliphatic rings. The van der Waals surface area contributed by atoms with Gasteiger partial charge in [0.2, 0.25) is 11.8 Å². The minimum absolute atomic E-state index is 0.0111. The van der Waals surface area contributed by atoms with Crippen LogP contribution in [-0.4, -0.2) is 60.9 Å². The Labute approximate surface area is 108 Å². The summed E-state index contributed by atoms with van der Waals surface area (Å²) in [5.41, 5.74) is 0. The zero-order valence-electron chi connectivity index (χ0n) is 11.5. The molecule has 0 aromatic heterocycles. The maximum absolute atomic E-state index is 12.0. The molecule has 1 N–H and O–H groups in total. The number of nitrogens with zero attached hydrogens (tertiary/aromatic N) is 2. The number of piperidine rings is 1. The molecule has 2 atom stereocenters. The Morgan fingerprint density at radius 2 is 1.61 bits per heavy atom. The van der Waals surface area contributed by atoms with Gasteiger partial charge in [-0.15, -0.1) is 0 Å². The van der Waals surface area contributed by atoms with Gasteiger partial charge in [-0.05, 0) is 25.7 Å². The van der Waals surface area contributed by atoms with E-state index in [-0.39, 0.29) is 18.2 Å². The fourth-order valence-electron chi connectivity index (χ4n) is 2.96. The Hall–Kier alpha value is -1.10. The second-order valence-electron chi connectivity index (χ2n) is 5.73. The fourth-order valence-corrected chi connectivity index (χ4v) is 2.96. The van der Waals surface area contributed by atoms with E-state index < -0.39 is 0 Å². The van der Waals surface area contributed by atoms with Crippen LogP contribution < -0.4 is 5.32 Å². The van der Waals surface area contributed by atoms with Crippen LogP contribution in [0.3, 0.4) is 0 Å². The number of fused-ring (bicyclic) bond motifs is 2. The van der Waals surface area contributed by atoms with E-state index in [2.05, 4.69) is 5.32 Å². The summed E-state index contributed by atoms with van der Waals surface area (Å²) in [6, 6.07) is 1.42. The molecule has 2 bridgehead atoms. The first kappa shape index (κ1) is 13.3. The summed E-state index contributed by atoms with van der Waals surface area (Å²) in [5.74, 6) is -0.177. The zero-order valence-corrected chi connectivity index (χ0v) is 11.5. The number of carbonyl (C=O) groups excluding carboxylic acids is 2. The van der Waals surface area contributed by atoms with Gasteiger partial charge in [-0.25, -0.2) is 0 Å². The highest BCUT2D eigenvalue weighted by atomic mass is 16.2. The lowest BCUT2D eigenvalue weighted by Crippen LogP contribution is -2.49. The number of amides is 2. The zero-order chi connectivity index (χ0) is 13.3. The average Bonchev–Trinajstić information content (AvgIpc) is 2.66. The SMILES string of the molecule is CN(C)C(=O)CC(=O)N(C)C1CC2CCC(C1)N2. The van der Waals surface area contributed by atoms with Crippen molar-refractivity contribution in [3.8, 4) is 0 Å². The van der Waals surface area contributed by atoms with E-state index >= 15 is 0 Å². The van der Waals surface area contributed by atoms with Crippen molar-refractivity contribution in [1.29, 1.82) is 0 Å². The number of nitrogens with one attached hydrogen (secondary N) is 1. The smallest absolute Gasteiger partial charge is 0.232 e. The largest absolute Gasteiger partial charge is 0.348 e. The van der Waals surface area contributed by atoms with Crippen molar-refractivity contribution in [3.63, 3.8) is 0 Å². The Morgan fingerprint density at radius 1 is 1.06 bits per heavy atom. The number of hydrogen-bond donors (Lipinski definition) is 1. The average molecular weight is 253 g/mol. The van der Waals surface area contributed by atoms with Crippen LogP contribution in [0.1, 0.15) is 32.1 Å². The molecular weight excluding hydrogens is 230 g/mol. The molecule has 18 heavy (non-hydrogen) atoms. The summed E-state index contributed by atoms with van der Waals surface area (Å²) in [6.07, 6.45) is 4.48. The molecule has 0 aromatic carbocycles. The van der Waals surface area contributed by atoms with Crippen molar-refractivity contribution < 1.29 is 9.59 Å². The minimum Gasteiger partial charge on any atom is -0.348 e. The monoisotopic (exact) mass is 253 g/mol. The van der Waals surface area contributed by atoms with Crippen LogP contribution in [0.15, 0.2) is 0 Å². The maximum Gasteiger partial charge on any atom is 0.232 e. The third kappa shape index (κ3) is 2.83. The first-order valence-corrected chi connectivity index (χ1v) is 6.69. The molecule has 102 valence electrons. The number of carbonyl (C=O) groups is 2. The van der Waals surface area contributed by atoms with Crippen LogP contribution in [0.25, 0.3) is 0 Å². The molecule has 0 aromatic rings. The van der Waals surface area contributed by atoms with Crippen LogP contribution in [0.2, 0.25) is 0 Å². The summed E-state index contributed by atoms with van der Waals surface area (Å²) >= 11 is 0. The van der Waals surface area contributed by atoms with Gasteiger partial charge in [0.25, 0.3) is 0 Å². The third-order valence-corrected chi connectivity index (χ3v) is 4.19. The van der Waals surface area contributed by atoms with Crippen molar-refractivity contribution in [2.24, 2.45) is 0 Å². The quantitative estimate of drug-likeness (QED) is 0.731. The summed E-state index contributed by atoms with van der Waals surface area (Å²) < 4.78 is 0. The van der Waals surface area contributed by atoms with Gasteiger partial charge in [-0.3, -0.25) is 9.59 Å². The summed E-state index contributed by atoms with van der Waals surface area (Å²) in [4.78, 5) is 26.9. The van der Waals surface area contributed by atoms with Crippen molar-refractivity contribution in [2.75, 3.05) is 21.1 Å². The second-order valence-corrected chi connectivity index (χ2v) is 5.73. The predicted molar refractivity (Wildman–Crippen MR) is 69.0 cm³/mol. The molecule has 0 saturated carbocycles.